The van der Waals surface area contributed by atoms with Gasteiger partial charge in [0.2, 0.25) is 5.89 Å². The smallest absolute Gasteiger partial charge is 0.322 e. The minimum absolute atomic E-state index is 0.0750. The zero-order valence-corrected chi connectivity index (χ0v) is 12.8. The van der Waals surface area contributed by atoms with E-state index in [0.29, 0.717) is 5.56 Å². The molecule has 1 heterocycles. The summed E-state index contributed by atoms with van der Waals surface area (Å²) in [4.78, 5) is 22.1. The molecule has 0 unspecified atom stereocenters. The number of hydrogen-bond donors (Lipinski definition) is 1. The van der Waals surface area contributed by atoms with Crippen molar-refractivity contribution in [3.05, 3.63) is 76.4 Å². The van der Waals surface area contributed by atoms with Crippen LogP contribution in [0.15, 0.2) is 65.1 Å². The first-order valence-corrected chi connectivity index (χ1v) is 7.24. The van der Waals surface area contributed by atoms with Gasteiger partial charge in [-0.3, -0.25) is 20.2 Å². The van der Waals surface area contributed by atoms with E-state index in [1.54, 1.807) is 12.1 Å². The molecule has 0 saturated carbocycles. The van der Waals surface area contributed by atoms with Gasteiger partial charge in [0.15, 0.2) is 0 Å². The number of benzene rings is 2. The van der Waals surface area contributed by atoms with Crippen LogP contribution in [0.5, 0.6) is 0 Å². The summed E-state index contributed by atoms with van der Waals surface area (Å²) in [5.74, 6) is -0.357. The third-order valence-corrected chi connectivity index (χ3v) is 3.19. The molecule has 2 aromatic carbocycles. The zero-order valence-electron chi connectivity index (χ0n) is 12.8. The van der Waals surface area contributed by atoms with Crippen molar-refractivity contribution in [3.8, 4) is 11.5 Å². The molecule has 1 aromatic heterocycles. The van der Waals surface area contributed by atoms with Gasteiger partial charge >= 0.3 is 6.01 Å². The minimum atomic E-state index is -0.517. The normalized spacial score (nSPS) is 10.7. The van der Waals surface area contributed by atoms with Gasteiger partial charge in [-0.2, -0.15) is 0 Å². The average Bonchev–Trinajstić information content (AvgIpc) is 3.09. The number of non-ortho nitro benzene ring substituents is 1. The number of nitro benzene ring substituents is 1. The van der Waals surface area contributed by atoms with Crippen molar-refractivity contribution in [2.75, 3.05) is 5.32 Å². The van der Waals surface area contributed by atoms with Gasteiger partial charge in [-0.15, -0.1) is 5.10 Å². The molecule has 1 amide bonds. The molecule has 0 atom stereocenters. The Bertz CT molecular complexity index is 935. The number of carbonyl (C=O) groups is 1. The van der Waals surface area contributed by atoms with Crippen molar-refractivity contribution in [3.63, 3.8) is 0 Å². The molecule has 25 heavy (non-hydrogen) atoms. The van der Waals surface area contributed by atoms with Crippen LogP contribution < -0.4 is 5.32 Å². The Morgan fingerprint density at radius 2 is 1.92 bits per heavy atom. The second-order valence-corrected chi connectivity index (χ2v) is 4.95. The lowest BCUT2D eigenvalue weighted by atomic mass is 10.2. The number of rotatable bonds is 5. The van der Waals surface area contributed by atoms with Gasteiger partial charge in [-0.25, -0.2) is 0 Å². The van der Waals surface area contributed by atoms with Crippen molar-refractivity contribution in [2.24, 2.45) is 0 Å². The number of carbonyl (C=O) groups excluding carboxylic acids is 1. The largest absolute Gasteiger partial charge is 0.403 e. The van der Waals surface area contributed by atoms with Crippen LogP contribution in [0.25, 0.3) is 17.5 Å². The highest BCUT2D eigenvalue weighted by Gasteiger charge is 2.13. The number of nitrogens with one attached hydrogen (secondary N) is 1. The molecule has 1 N–H and O–H groups in total. The Balaban J connectivity index is 1.69. The summed E-state index contributed by atoms with van der Waals surface area (Å²) in [5.41, 5.74) is 1.18. The van der Waals surface area contributed by atoms with Crippen molar-refractivity contribution in [1.82, 2.24) is 10.2 Å². The summed E-state index contributed by atoms with van der Waals surface area (Å²) >= 11 is 0. The summed E-state index contributed by atoms with van der Waals surface area (Å²) in [6.07, 6.45) is 2.99. The highest BCUT2D eigenvalue weighted by molar-refractivity contribution is 6.00. The van der Waals surface area contributed by atoms with E-state index >= 15 is 0 Å². The van der Waals surface area contributed by atoms with Gasteiger partial charge in [0.25, 0.3) is 11.6 Å². The molecule has 8 heteroatoms. The predicted octanol–water partition coefficient (Wildman–Crippen LogP) is 3.30. The SMILES string of the molecule is O=C(/C=C/c1ccccc1)Nc1nnc(-c2cccc([N+](=O)[O-])c2)o1. The Morgan fingerprint density at radius 3 is 2.68 bits per heavy atom. The number of nitro groups is 1. The topological polar surface area (TPSA) is 111 Å². The van der Waals surface area contributed by atoms with E-state index < -0.39 is 10.8 Å². The van der Waals surface area contributed by atoms with Gasteiger partial charge in [-0.1, -0.05) is 41.5 Å². The molecule has 0 aliphatic rings. The maximum absolute atomic E-state index is 11.9. The molecule has 0 radical (unpaired) electrons. The van der Waals surface area contributed by atoms with Crippen LogP contribution in [0.1, 0.15) is 5.56 Å². The van der Waals surface area contributed by atoms with Gasteiger partial charge < -0.3 is 4.42 Å². The molecule has 0 aliphatic heterocycles. The number of hydrogen-bond acceptors (Lipinski definition) is 6. The maximum Gasteiger partial charge on any atom is 0.322 e. The molecule has 0 saturated heterocycles. The summed E-state index contributed by atoms with van der Waals surface area (Å²) in [5, 5.41) is 20.7. The number of anilines is 1. The second kappa shape index (κ2) is 7.18. The molecule has 8 nitrogen and oxygen atoms in total. The van der Waals surface area contributed by atoms with Crippen LogP contribution in [0, 0.1) is 10.1 Å². The van der Waals surface area contributed by atoms with E-state index in [0.717, 1.165) is 5.56 Å². The highest BCUT2D eigenvalue weighted by atomic mass is 16.6. The summed E-state index contributed by atoms with van der Waals surface area (Å²) in [7, 11) is 0. The number of amides is 1. The quantitative estimate of drug-likeness (QED) is 0.435. The first kappa shape index (κ1) is 16.1. The van der Waals surface area contributed by atoms with Gasteiger partial charge in [0.1, 0.15) is 0 Å². The van der Waals surface area contributed by atoms with Gasteiger partial charge in [0.05, 0.1) is 4.92 Å². The lowest BCUT2D eigenvalue weighted by Crippen LogP contribution is -2.07. The number of nitrogens with zero attached hydrogens (tertiary/aromatic N) is 3. The van der Waals surface area contributed by atoms with Crippen LogP contribution in [-0.4, -0.2) is 21.0 Å². The fourth-order valence-electron chi connectivity index (χ4n) is 2.03. The van der Waals surface area contributed by atoms with Crippen LogP contribution in [-0.2, 0) is 4.79 Å². The van der Waals surface area contributed by atoms with E-state index in [2.05, 4.69) is 15.5 Å². The van der Waals surface area contributed by atoms with Crippen molar-refractivity contribution in [1.29, 1.82) is 0 Å². The maximum atomic E-state index is 11.9. The average molecular weight is 336 g/mol. The molecule has 3 aromatic rings. The second-order valence-electron chi connectivity index (χ2n) is 4.95. The molecule has 0 fully saturated rings. The van der Waals surface area contributed by atoms with Crippen LogP contribution in [0.4, 0.5) is 11.7 Å². The third-order valence-electron chi connectivity index (χ3n) is 3.19. The molecule has 124 valence electrons. The van der Waals surface area contributed by atoms with Crippen molar-refractivity contribution < 1.29 is 14.1 Å². The van der Waals surface area contributed by atoms with Crippen molar-refractivity contribution in [2.45, 2.75) is 0 Å². The standard InChI is InChI=1S/C17H12N4O4/c22-15(10-9-12-5-2-1-3-6-12)18-17-20-19-16(25-17)13-7-4-8-14(11-13)21(23)24/h1-11H,(H,18,20,22)/b10-9+. The molecular formula is C17H12N4O4. The summed E-state index contributed by atoms with van der Waals surface area (Å²) in [6, 6.07) is 15.0. The lowest BCUT2D eigenvalue weighted by molar-refractivity contribution is -0.384. The Morgan fingerprint density at radius 1 is 1.12 bits per heavy atom. The van der Waals surface area contributed by atoms with E-state index in [9.17, 15) is 14.9 Å². The first-order valence-electron chi connectivity index (χ1n) is 7.24. The molecule has 0 spiro atoms. The zero-order chi connectivity index (χ0) is 17.6. The molecular weight excluding hydrogens is 324 g/mol. The fraction of sp³-hybridized carbons (Fsp3) is 0. The van der Waals surface area contributed by atoms with Crippen LogP contribution in [0.3, 0.4) is 0 Å². The Kier molecular flexibility index (Phi) is 4.61. The predicted molar refractivity (Wildman–Crippen MR) is 90.5 cm³/mol. The van der Waals surface area contributed by atoms with Gasteiger partial charge in [-0.05, 0) is 17.7 Å². The van der Waals surface area contributed by atoms with E-state index in [-0.39, 0.29) is 17.6 Å². The third kappa shape index (κ3) is 4.14. The van der Waals surface area contributed by atoms with Crippen LogP contribution in [0.2, 0.25) is 0 Å². The van der Waals surface area contributed by atoms with Crippen LogP contribution >= 0.6 is 0 Å². The number of aromatic nitrogens is 2. The Hall–Kier alpha value is -3.81. The minimum Gasteiger partial charge on any atom is -0.403 e. The first-order chi connectivity index (χ1) is 12.1. The highest BCUT2D eigenvalue weighted by Crippen LogP contribution is 2.23. The molecule has 0 aliphatic carbocycles. The molecule has 3 rings (SSSR count). The summed E-state index contributed by atoms with van der Waals surface area (Å²) < 4.78 is 5.32. The van der Waals surface area contributed by atoms with E-state index in [1.807, 2.05) is 30.3 Å². The van der Waals surface area contributed by atoms with Gasteiger partial charge in [0, 0.05) is 23.8 Å². The summed E-state index contributed by atoms with van der Waals surface area (Å²) in [6.45, 7) is 0. The molecule has 0 bridgehead atoms. The fourth-order valence-corrected chi connectivity index (χ4v) is 2.03. The lowest BCUT2D eigenvalue weighted by Gasteiger charge is -1.96. The Labute approximate surface area is 142 Å². The van der Waals surface area contributed by atoms with Crippen molar-refractivity contribution >= 4 is 23.7 Å². The van der Waals surface area contributed by atoms with E-state index in [4.69, 9.17) is 4.42 Å². The van der Waals surface area contributed by atoms with E-state index in [1.165, 1.54) is 24.3 Å². The monoisotopic (exact) mass is 336 g/mol.